The summed E-state index contributed by atoms with van der Waals surface area (Å²) in [5, 5.41) is 4.49. The smallest absolute Gasteiger partial charge is 0.0704 e. The second-order valence-corrected chi connectivity index (χ2v) is 4.61. The Morgan fingerprint density at radius 3 is 2.46 bits per heavy atom. The molecule has 0 aromatic carbocycles. The predicted molar refractivity (Wildman–Crippen MR) is 50.3 cm³/mol. The Kier molecular flexibility index (Phi) is 1.15. The Hall–Kier alpha value is -0.830. The SMILES string of the molecule is Cn1ccc(C2(C3(N)CC3)CC2)n1. The van der Waals surface area contributed by atoms with E-state index in [9.17, 15) is 0 Å². The summed E-state index contributed by atoms with van der Waals surface area (Å²) in [7, 11) is 1.97. The molecule has 2 saturated carbocycles. The van der Waals surface area contributed by atoms with Gasteiger partial charge in [0.1, 0.15) is 0 Å². The molecule has 1 heterocycles. The lowest BCUT2D eigenvalue weighted by Gasteiger charge is -2.20. The van der Waals surface area contributed by atoms with Crippen molar-refractivity contribution in [1.29, 1.82) is 0 Å². The number of hydrogen-bond donors (Lipinski definition) is 1. The molecular formula is C10H15N3. The lowest BCUT2D eigenvalue weighted by molar-refractivity contribution is 0.484. The highest BCUT2D eigenvalue weighted by Crippen LogP contribution is 2.63. The number of rotatable bonds is 2. The third-order valence-corrected chi connectivity index (χ3v) is 3.70. The van der Waals surface area contributed by atoms with Gasteiger partial charge in [0.25, 0.3) is 0 Å². The second-order valence-electron chi connectivity index (χ2n) is 4.61. The maximum atomic E-state index is 6.28. The molecule has 0 amide bonds. The van der Waals surface area contributed by atoms with Crippen molar-refractivity contribution in [3.8, 4) is 0 Å². The minimum atomic E-state index is 0.0986. The summed E-state index contributed by atoms with van der Waals surface area (Å²) < 4.78 is 1.88. The lowest BCUT2D eigenvalue weighted by Crippen LogP contribution is -2.37. The van der Waals surface area contributed by atoms with Gasteiger partial charge in [-0.2, -0.15) is 5.10 Å². The van der Waals surface area contributed by atoms with Crippen molar-refractivity contribution in [2.45, 2.75) is 36.6 Å². The average molecular weight is 177 g/mol. The molecule has 0 bridgehead atoms. The average Bonchev–Trinajstić information content (AvgIpc) is 2.97. The highest BCUT2D eigenvalue weighted by Gasteiger charge is 2.65. The fourth-order valence-electron chi connectivity index (χ4n) is 2.42. The first kappa shape index (κ1) is 7.56. The van der Waals surface area contributed by atoms with Gasteiger partial charge in [-0.15, -0.1) is 0 Å². The highest BCUT2D eigenvalue weighted by atomic mass is 15.3. The van der Waals surface area contributed by atoms with Crippen LogP contribution in [0.5, 0.6) is 0 Å². The lowest BCUT2D eigenvalue weighted by atomic mass is 9.91. The molecule has 3 nitrogen and oxygen atoms in total. The molecule has 0 atom stereocenters. The van der Waals surface area contributed by atoms with Crippen molar-refractivity contribution in [3.63, 3.8) is 0 Å². The molecule has 0 spiro atoms. The molecule has 2 aliphatic rings. The van der Waals surface area contributed by atoms with E-state index in [1.807, 2.05) is 17.9 Å². The van der Waals surface area contributed by atoms with Crippen LogP contribution in [-0.2, 0) is 12.5 Å². The molecule has 0 aliphatic heterocycles. The van der Waals surface area contributed by atoms with E-state index >= 15 is 0 Å². The van der Waals surface area contributed by atoms with Crippen LogP contribution < -0.4 is 5.73 Å². The van der Waals surface area contributed by atoms with E-state index < -0.39 is 0 Å². The summed E-state index contributed by atoms with van der Waals surface area (Å²) in [6.45, 7) is 0. The van der Waals surface area contributed by atoms with Crippen LogP contribution in [0.4, 0.5) is 0 Å². The molecule has 3 heteroatoms. The van der Waals surface area contributed by atoms with Crippen LogP contribution >= 0.6 is 0 Å². The molecule has 0 radical (unpaired) electrons. The number of hydrogen-bond acceptors (Lipinski definition) is 2. The van der Waals surface area contributed by atoms with E-state index in [0.29, 0.717) is 0 Å². The maximum Gasteiger partial charge on any atom is 0.0704 e. The van der Waals surface area contributed by atoms with Gasteiger partial charge < -0.3 is 5.73 Å². The van der Waals surface area contributed by atoms with Crippen molar-refractivity contribution >= 4 is 0 Å². The van der Waals surface area contributed by atoms with Gasteiger partial charge >= 0.3 is 0 Å². The number of nitrogens with zero attached hydrogens (tertiary/aromatic N) is 2. The van der Waals surface area contributed by atoms with Crippen LogP contribution in [0.2, 0.25) is 0 Å². The fourth-order valence-corrected chi connectivity index (χ4v) is 2.42. The van der Waals surface area contributed by atoms with Crippen molar-refractivity contribution in [1.82, 2.24) is 9.78 Å². The van der Waals surface area contributed by atoms with E-state index in [0.717, 1.165) is 0 Å². The summed E-state index contributed by atoms with van der Waals surface area (Å²) in [6, 6.07) is 2.12. The zero-order valence-electron chi connectivity index (χ0n) is 7.95. The normalized spacial score (nSPS) is 27.2. The molecular weight excluding hydrogens is 162 g/mol. The molecule has 70 valence electrons. The van der Waals surface area contributed by atoms with Crippen LogP contribution in [-0.4, -0.2) is 15.3 Å². The monoisotopic (exact) mass is 177 g/mol. The molecule has 0 saturated heterocycles. The second kappa shape index (κ2) is 1.98. The third kappa shape index (κ3) is 0.854. The summed E-state index contributed by atoms with van der Waals surface area (Å²) in [5.74, 6) is 0. The van der Waals surface area contributed by atoms with Crippen LogP contribution in [0.3, 0.4) is 0 Å². The Balaban J connectivity index is 2.00. The van der Waals surface area contributed by atoms with Crippen molar-refractivity contribution in [3.05, 3.63) is 18.0 Å². The Morgan fingerprint density at radius 1 is 1.38 bits per heavy atom. The minimum Gasteiger partial charge on any atom is -0.324 e. The molecule has 1 aromatic rings. The van der Waals surface area contributed by atoms with E-state index in [1.165, 1.54) is 31.4 Å². The highest BCUT2D eigenvalue weighted by molar-refractivity contribution is 5.35. The van der Waals surface area contributed by atoms with Crippen molar-refractivity contribution < 1.29 is 0 Å². The summed E-state index contributed by atoms with van der Waals surface area (Å²) in [5.41, 5.74) is 7.85. The van der Waals surface area contributed by atoms with E-state index in [-0.39, 0.29) is 11.0 Å². The Morgan fingerprint density at radius 2 is 2.08 bits per heavy atom. The Labute approximate surface area is 77.9 Å². The predicted octanol–water partition coefficient (Wildman–Crippen LogP) is 0.943. The van der Waals surface area contributed by atoms with Crippen LogP contribution in [0.1, 0.15) is 31.4 Å². The van der Waals surface area contributed by atoms with Gasteiger partial charge in [0, 0.05) is 24.2 Å². The number of nitrogens with two attached hydrogens (primary N) is 1. The zero-order chi connectivity index (χ0) is 9.10. The minimum absolute atomic E-state index is 0.0986. The van der Waals surface area contributed by atoms with Gasteiger partial charge in [-0.05, 0) is 31.7 Å². The fraction of sp³-hybridized carbons (Fsp3) is 0.700. The quantitative estimate of drug-likeness (QED) is 0.730. The molecule has 2 fully saturated rings. The van der Waals surface area contributed by atoms with E-state index in [2.05, 4.69) is 11.2 Å². The van der Waals surface area contributed by atoms with Crippen LogP contribution in [0.15, 0.2) is 12.3 Å². The van der Waals surface area contributed by atoms with Gasteiger partial charge in [-0.1, -0.05) is 0 Å². The Bertz CT molecular complexity index is 345. The van der Waals surface area contributed by atoms with Gasteiger partial charge in [0.2, 0.25) is 0 Å². The molecule has 0 unspecified atom stereocenters. The zero-order valence-corrected chi connectivity index (χ0v) is 7.95. The molecule has 2 N–H and O–H groups in total. The summed E-state index contributed by atoms with van der Waals surface area (Å²) in [6.07, 6.45) is 6.86. The first-order chi connectivity index (χ1) is 6.16. The number of aromatic nitrogens is 2. The molecule has 1 aromatic heterocycles. The third-order valence-electron chi connectivity index (χ3n) is 3.70. The van der Waals surface area contributed by atoms with Gasteiger partial charge in [-0.3, -0.25) is 4.68 Å². The van der Waals surface area contributed by atoms with Crippen LogP contribution in [0, 0.1) is 0 Å². The topological polar surface area (TPSA) is 43.8 Å². The standard InChI is InChI=1S/C10H15N3/c1-13-7-2-8(12-13)9(3-4-9)10(11)5-6-10/h2,7H,3-6,11H2,1H3. The number of aryl methyl sites for hydroxylation is 1. The first-order valence-corrected chi connectivity index (χ1v) is 4.95. The van der Waals surface area contributed by atoms with Crippen LogP contribution in [0.25, 0.3) is 0 Å². The van der Waals surface area contributed by atoms with Gasteiger partial charge in [-0.25, -0.2) is 0 Å². The first-order valence-electron chi connectivity index (χ1n) is 4.95. The van der Waals surface area contributed by atoms with Crippen molar-refractivity contribution in [2.24, 2.45) is 12.8 Å². The maximum absolute atomic E-state index is 6.28. The molecule has 13 heavy (non-hydrogen) atoms. The van der Waals surface area contributed by atoms with Gasteiger partial charge in [0.05, 0.1) is 5.69 Å². The summed E-state index contributed by atoms with van der Waals surface area (Å²) in [4.78, 5) is 0. The molecule has 2 aliphatic carbocycles. The largest absolute Gasteiger partial charge is 0.324 e. The van der Waals surface area contributed by atoms with E-state index in [1.54, 1.807) is 0 Å². The van der Waals surface area contributed by atoms with E-state index in [4.69, 9.17) is 5.73 Å². The van der Waals surface area contributed by atoms with Crippen molar-refractivity contribution in [2.75, 3.05) is 0 Å². The summed E-state index contributed by atoms with van der Waals surface area (Å²) >= 11 is 0. The molecule has 3 rings (SSSR count). The van der Waals surface area contributed by atoms with Gasteiger partial charge in [0.15, 0.2) is 0 Å².